The van der Waals surface area contributed by atoms with Gasteiger partial charge in [-0.2, -0.15) is 5.26 Å². The van der Waals surface area contributed by atoms with Crippen molar-refractivity contribution >= 4 is 0 Å². The largest absolute Gasteiger partial charge is 0.205 e. The van der Waals surface area contributed by atoms with E-state index in [2.05, 4.69) is 6.58 Å². The summed E-state index contributed by atoms with van der Waals surface area (Å²) in [7, 11) is 0. The van der Waals surface area contributed by atoms with Crippen LogP contribution in [0.15, 0.2) is 24.8 Å². The molecule has 0 radical (unpaired) electrons. The minimum Gasteiger partial charge on any atom is -0.205 e. The molecule has 23 heavy (non-hydrogen) atoms. The van der Waals surface area contributed by atoms with Gasteiger partial charge in [0.25, 0.3) is 0 Å². The Bertz CT molecular complexity index is 605. The smallest absolute Gasteiger partial charge is 0.144 e. The topological polar surface area (TPSA) is 23.8 Å². The third-order valence-electron chi connectivity index (χ3n) is 6.05. The van der Waals surface area contributed by atoms with Gasteiger partial charge in [0.05, 0.1) is 5.56 Å². The van der Waals surface area contributed by atoms with Crippen molar-refractivity contribution in [1.82, 2.24) is 0 Å². The molecule has 0 N–H and O–H groups in total. The number of fused-ring (bicyclic) bond motifs is 1. The average Bonchev–Trinajstić information content (AvgIpc) is 2.60. The van der Waals surface area contributed by atoms with Crippen LogP contribution in [0.5, 0.6) is 0 Å². The molecule has 0 aliphatic heterocycles. The summed E-state index contributed by atoms with van der Waals surface area (Å²) in [6.07, 6.45) is 12.7. The van der Waals surface area contributed by atoms with E-state index in [1.165, 1.54) is 32.1 Å². The molecule has 2 aliphatic rings. The van der Waals surface area contributed by atoms with Gasteiger partial charge in [0.15, 0.2) is 0 Å². The van der Waals surface area contributed by atoms with E-state index in [-0.39, 0.29) is 11.4 Å². The average molecular weight is 311 g/mol. The summed E-state index contributed by atoms with van der Waals surface area (Å²) < 4.78 is 14.3. The Kier molecular flexibility index (Phi) is 5.16. The Morgan fingerprint density at radius 3 is 2.65 bits per heavy atom. The summed E-state index contributed by atoms with van der Waals surface area (Å²) in [6.45, 7) is 3.82. The Morgan fingerprint density at radius 1 is 1.17 bits per heavy atom. The zero-order valence-corrected chi connectivity index (χ0v) is 13.9. The molecular formula is C21H26FN. The summed E-state index contributed by atoms with van der Waals surface area (Å²) in [6, 6.07) is 5.60. The molecule has 3 rings (SSSR count). The van der Waals surface area contributed by atoms with Crippen molar-refractivity contribution in [2.24, 2.45) is 17.8 Å². The van der Waals surface area contributed by atoms with Crippen LogP contribution in [0, 0.1) is 34.9 Å². The number of allylic oxidation sites excluding steroid dienone is 1. The lowest BCUT2D eigenvalue weighted by Gasteiger charge is -2.36. The highest BCUT2D eigenvalue weighted by Crippen LogP contribution is 2.41. The summed E-state index contributed by atoms with van der Waals surface area (Å²) in [5.74, 6) is 2.13. The van der Waals surface area contributed by atoms with Crippen LogP contribution in [0.25, 0.3) is 0 Å². The molecule has 1 aromatic carbocycles. The third kappa shape index (κ3) is 3.50. The minimum atomic E-state index is -0.267. The number of rotatable bonds is 4. The van der Waals surface area contributed by atoms with E-state index in [0.717, 1.165) is 48.6 Å². The lowest BCUT2D eigenvalue weighted by Crippen LogP contribution is -2.27. The fourth-order valence-electron chi connectivity index (χ4n) is 4.63. The number of halogens is 1. The van der Waals surface area contributed by atoms with Crippen molar-refractivity contribution < 1.29 is 4.39 Å². The number of hydrogen-bond acceptors (Lipinski definition) is 1. The number of nitriles is 1. The van der Waals surface area contributed by atoms with Crippen LogP contribution >= 0.6 is 0 Å². The minimum absolute atomic E-state index is 0.199. The second kappa shape index (κ2) is 7.30. The van der Waals surface area contributed by atoms with Crippen LogP contribution in [-0.2, 0) is 12.8 Å². The van der Waals surface area contributed by atoms with E-state index < -0.39 is 0 Å². The van der Waals surface area contributed by atoms with Crippen LogP contribution in [0.1, 0.15) is 61.6 Å². The molecule has 0 aromatic heterocycles. The Hall–Kier alpha value is -1.62. The van der Waals surface area contributed by atoms with Gasteiger partial charge in [-0.15, -0.1) is 6.58 Å². The van der Waals surface area contributed by atoms with Gasteiger partial charge in [0.1, 0.15) is 11.9 Å². The standard InChI is InChI=1S/C21H26FN/c1-2-3-4-15-5-7-16(8-6-15)17-11-12-20-18(13-17)9-10-19(14-23)21(20)22/h2,9-10,15-17H,1,3-8,11-13H2. The summed E-state index contributed by atoms with van der Waals surface area (Å²) >= 11 is 0. The van der Waals surface area contributed by atoms with E-state index >= 15 is 0 Å². The van der Waals surface area contributed by atoms with Crippen molar-refractivity contribution in [3.8, 4) is 6.07 Å². The van der Waals surface area contributed by atoms with Crippen molar-refractivity contribution in [1.29, 1.82) is 5.26 Å². The molecule has 2 heteroatoms. The fourth-order valence-corrected chi connectivity index (χ4v) is 4.63. The van der Waals surface area contributed by atoms with E-state index in [1.54, 1.807) is 6.07 Å². The molecule has 2 aliphatic carbocycles. The van der Waals surface area contributed by atoms with E-state index in [1.807, 2.05) is 18.2 Å². The van der Waals surface area contributed by atoms with E-state index in [9.17, 15) is 4.39 Å². The van der Waals surface area contributed by atoms with Crippen molar-refractivity contribution in [3.05, 3.63) is 47.3 Å². The maximum absolute atomic E-state index is 14.3. The molecule has 0 spiro atoms. The monoisotopic (exact) mass is 311 g/mol. The summed E-state index contributed by atoms with van der Waals surface area (Å²) in [4.78, 5) is 0. The van der Waals surface area contributed by atoms with E-state index in [0.29, 0.717) is 5.92 Å². The quantitative estimate of drug-likeness (QED) is 0.666. The fraction of sp³-hybridized carbons (Fsp3) is 0.571. The van der Waals surface area contributed by atoms with Crippen LogP contribution in [0.2, 0.25) is 0 Å². The molecule has 1 atom stereocenters. The van der Waals surface area contributed by atoms with Crippen LogP contribution < -0.4 is 0 Å². The summed E-state index contributed by atoms with van der Waals surface area (Å²) in [5, 5.41) is 8.97. The summed E-state index contributed by atoms with van der Waals surface area (Å²) in [5.41, 5.74) is 2.15. The molecule has 0 heterocycles. The molecule has 1 unspecified atom stereocenters. The van der Waals surface area contributed by atoms with Gasteiger partial charge in [0, 0.05) is 0 Å². The van der Waals surface area contributed by atoms with Gasteiger partial charge in [-0.3, -0.25) is 0 Å². The van der Waals surface area contributed by atoms with Gasteiger partial charge < -0.3 is 0 Å². The number of hydrogen-bond donors (Lipinski definition) is 0. The van der Waals surface area contributed by atoms with Gasteiger partial charge in [-0.25, -0.2) is 4.39 Å². The van der Waals surface area contributed by atoms with Crippen molar-refractivity contribution in [2.45, 2.75) is 57.8 Å². The normalized spacial score (nSPS) is 27.0. The second-order valence-electron chi connectivity index (χ2n) is 7.33. The Labute approximate surface area is 139 Å². The molecule has 122 valence electrons. The first-order chi connectivity index (χ1) is 11.2. The first kappa shape index (κ1) is 16.2. The highest BCUT2D eigenvalue weighted by molar-refractivity contribution is 5.41. The first-order valence-electron chi connectivity index (χ1n) is 9.04. The second-order valence-corrected chi connectivity index (χ2v) is 7.33. The lowest BCUT2D eigenvalue weighted by atomic mass is 9.69. The Morgan fingerprint density at radius 2 is 1.96 bits per heavy atom. The highest BCUT2D eigenvalue weighted by atomic mass is 19.1. The van der Waals surface area contributed by atoms with Crippen LogP contribution in [-0.4, -0.2) is 0 Å². The molecule has 1 fully saturated rings. The highest BCUT2D eigenvalue weighted by Gasteiger charge is 2.31. The molecule has 1 nitrogen and oxygen atoms in total. The lowest BCUT2D eigenvalue weighted by molar-refractivity contribution is 0.184. The molecule has 1 saturated carbocycles. The zero-order valence-electron chi connectivity index (χ0n) is 13.9. The molecule has 0 saturated heterocycles. The first-order valence-corrected chi connectivity index (χ1v) is 9.04. The van der Waals surface area contributed by atoms with Gasteiger partial charge >= 0.3 is 0 Å². The predicted octanol–water partition coefficient (Wildman–Crippen LogP) is 5.57. The van der Waals surface area contributed by atoms with Gasteiger partial charge in [-0.1, -0.05) is 25.0 Å². The zero-order chi connectivity index (χ0) is 16.2. The van der Waals surface area contributed by atoms with Crippen LogP contribution in [0.4, 0.5) is 4.39 Å². The Balaban J connectivity index is 1.61. The molecule has 1 aromatic rings. The number of nitrogens with zero attached hydrogens (tertiary/aromatic N) is 1. The van der Waals surface area contributed by atoms with Gasteiger partial charge in [0.2, 0.25) is 0 Å². The van der Waals surface area contributed by atoms with Gasteiger partial charge in [-0.05, 0) is 79.9 Å². The number of benzene rings is 1. The van der Waals surface area contributed by atoms with Crippen molar-refractivity contribution in [2.75, 3.05) is 0 Å². The third-order valence-corrected chi connectivity index (χ3v) is 6.05. The molecule has 0 amide bonds. The maximum Gasteiger partial charge on any atom is 0.144 e. The van der Waals surface area contributed by atoms with E-state index in [4.69, 9.17) is 5.26 Å². The SMILES string of the molecule is C=CCCC1CCC(C2CCc3c(ccc(C#N)c3F)C2)CC1. The predicted molar refractivity (Wildman–Crippen MR) is 91.5 cm³/mol. The van der Waals surface area contributed by atoms with Crippen molar-refractivity contribution in [3.63, 3.8) is 0 Å². The van der Waals surface area contributed by atoms with Crippen LogP contribution in [0.3, 0.4) is 0 Å². The molecule has 0 bridgehead atoms. The maximum atomic E-state index is 14.3. The molecular weight excluding hydrogens is 285 g/mol.